The lowest BCUT2D eigenvalue weighted by molar-refractivity contribution is 0.305. The summed E-state index contributed by atoms with van der Waals surface area (Å²) in [4.78, 5) is 4.32. The predicted molar refractivity (Wildman–Crippen MR) is 82.4 cm³/mol. The zero-order chi connectivity index (χ0) is 14.4. The van der Waals surface area contributed by atoms with Gasteiger partial charge in [0.2, 0.25) is 0 Å². The molecule has 0 aliphatic rings. The first kappa shape index (κ1) is 15.1. The molecule has 2 aromatic rings. The molecule has 1 aromatic heterocycles. The fourth-order valence-electron chi connectivity index (χ4n) is 1.67. The summed E-state index contributed by atoms with van der Waals surface area (Å²) in [7, 11) is 0. The molecule has 3 nitrogen and oxygen atoms in total. The van der Waals surface area contributed by atoms with E-state index in [1.807, 2.05) is 12.1 Å². The minimum absolute atomic E-state index is 0.369. The van der Waals surface area contributed by atoms with Crippen LogP contribution in [0.5, 0.6) is 5.75 Å². The molecule has 5 heteroatoms. The van der Waals surface area contributed by atoms with Crippen LogP contribution in [0.3, 0.4) is 0 Å². The lowest BCUT2D eigenvalue weighted by atomic mass is 10.2. The maximum atomic E-state index is 6.08. The van der Waals surface area contributed by atoms with E-state index >= 15 is 0 Å². The van der Waals surface area contributed by atoms with Gasteiger partial charge in [-0.15, -0.1) is 0 Å². The highest BCUT2D eigenvalue weighted by atomic mass is 35.5. The first-order valence-corrected chi connectivity index (χ1v) is 7.17. The van der Waals surface area contributed by atoms with Gasteiger partial charge < -0.3 is 10.1 Å². The zero-order valence-corrected chi connectivity index (χ0v) is 12.7. The fraction of sp³-hybridized carbons (Fsp3) is 0.267. The van der Waals surface area contributed by atoms with E-state index in [4.69, 9.17) is 27.9 Å². The maximum absolute atomic E-state index is 6.08. The van der Waals surface area contributed by atoms with Gasteiger partial charge in [-0.3, -0.25) is 4.98 Å². The van der Waals surface area contributed by atoms with E-state index in [0.29, 0.717) is 22.4 Å². The average Bonchev–Trinajstić information content (AvgIpc) is 2.47. The van der Waals surface area contributed by atoms with Crippen molar-refractivity contribution in [3.05, 3.63) is 57.8 Å². The molecule has 0 saturated heterocycles. The molecule has 0 unspecified atom stereocenters. The number of halogens is 2. The molecular weight excluding hydrogens is 295 g/mol. The second-order valence-corrected chi connectivity index (χ2v) is 5.13. The summed E-state index contributed by atoms with van der Waals surface area (Å²) in [6.07, 6.45) is 1.71. The van der Waals surface area contributed by atoms with Gasteiger partial charge in [0.15, 0.2) is 0 Å². The molecule has 0 radical (unpaired) electrons. The lowest BCUT2D eigenvalue weighted by Gasteiger charge is -2.08. The second-order valence-electron chi connectivity index (χ2n) is 4.29. The number of aromatic nitrogens is 1. The third-order valence-electron chi connectivity index (χ3n) is 2.76. The van der Waals surface area contributed by atoms with Gasteiger partial charge in [-0.05, 0) is 36.9 Å². The van der Waals surface area contributed by atoms with Gasteiger partial charge in [0, 0.05) is 22.2 Å². The van der Waals surface area contributed by atoms with Crippen LogP contribution < -0.4 is 10.1 Å². The van der Waals surface area contributed by atoms with Crippen LogP contribution in [-0.4, -0.2) is 11.5 Å². The number of nitrogens with zero attached hydrogens (tertiary/aromatic N) is 1. The number of hydrogen-bond donors (Lipinski definition) is 1. The van der Waals surface area contributed by atoms with Crippen molar-refractivity contribution in [3.8, 4) is 5.75 Å². The Hall–Kier alpha value is -1.29. The third-order valence-corrected chi connectivity index (χ3v) is 3.36. The van der Waals surface area contributed by atoms with Gasteiger partial charge in [0.25, 0.3) is 0 Å². The van der Waals surface area contributed by atoms with E-state index in [0.717, 1.165) is 24.3 Å². The van der Waals surface area contributed by atoms with Crippen LogP contribution in [0, 0.1) is 0 Å². The molecule has 0 aliphatic heterocycles. The van der Waals surface area contributed by atoms with Gasteiger partial charge in [-0.1, -0.05) is 30.1 Å². The summed E-state index contributed by atoms with van der Waals surface area (Å²) in [5.74, 6) is 0.710. The molecule has 1 N–H and O–H groups in total. The van der Waals surface area contributed by atoms with Crippen LogP contribution in [0.25, 0.3) is 0 Å². The molecule has 0 atom stereocenters. The van der Waals surface area contributed by atoms with Gasteiger partial charge in [-0.2, -0.15) is 0 Å². The highest BCUT2D eigenvalue weighted by Gasteiger charge is 2.03. The molecule has 1 aromatic carbocycles. The second kappa shape index (κ2) is 7.48. The number of hydrogen-bond acceptors (Lipinski definition) is 3. The van der Waals surface area contributed by atoms with Crippen LogP contribution in [0.15, 0.2) is 36.5 Å². The van der Waals surface area contributed by atoms with Crippen LogP contribution in [0.4, 0.5) is 0 Å². The van der Waals surface area contributed by atoms with Gasteiger partial charge in [0.1, 0.15) is 12.4 Å². The number of benzene rings is 1. The molecule has 0 spiro atoms. The van der Waals surface area contributed by atoms with E-state index in [1.54, 1.807) is 24.4 Å². The fourth-order valence-corrected chi connectivity index (χ4v) is 2.04. The van der Waals surface area contributed by atoms with Crippen molar-refractivity contribution in [3.63, 3.8) is 0 Å². The van der Waals surface area contributed by atoms with E-state index in [1.165, 1.54) is 0 Å². The largest absolute Gasteiger partial charge is 0.487 e. The van der Waals surface area contributed by atoms with Crippen LogP contribution in [-0.2, 0) is 13.2 Å². The van der Waals surface area contributed by atoms with Crippen molar-refractivity contribution in [2.45, 2.75) is 20.1 Å². The SMILES string of the molecule is CCNCc1ccc(OCc2cc(Cl)ccc2Cl)cn1. The van der Waals surface area contributed by atoms with E-state index in [2.05, 4.69) is 17.2 Å². The predicted octanol–water partition coefficient (Wildman–Crippen LogP) is 4.08. The first-order chi connectivity index (χ1) is 9.69. The Kier molecular flexibility index (Phi) is 5.65. The van der Waals surface area contributed by atoms with Crippen molar-refractivity contribution in [1.82, 2.24) is 10.3 Å². The normalized spacial score (nSPS) is 10.6. The number of ether oxygens (including phenoxy) is 1. The summed E-state index contributed by atoms with van der Waals surface area (Å²) < 4.78 is 5.66. The van der Waals surface area contributed by atoms with E-state index < -0.39 is 0 Å². The minimum atomic E-state index is 0.369. The van der Waals surface area contributed by atoms with E-state index in [9.17, 15) is 0 Å². The molecule has 0 fully saturated rings. The molecule has 0 amide bonds. The Balaban J connectivity index is 1.95. The summed E-state index contributed by atoms with van der Waals surface area (Å²) in [5, 5.41) is 4.51. The van der Waals surface area contributed by atoms with Gasteiger partial charge in [0.05, 0.1) is 11.9 Å². The molecule has 1 heterocycles. The number of nitrogens with one attached hydrogen (secondary N) is 1. The summed E-state index contributed by atoms with van der Waals surface area (Å²) in [6.45, 7) is 4.12. The topological polar surface area (TPSA) is 34.1 Å². The third kappa shape index (κ3) is 4.37. The summed E-state index contributed by atoms with van der Waals surface area (Å²) in [5.41, 5.74) is 1.84. The Labute approximate surface area is 128 Å². The van der Waals surface area contributed by atoms with Crippen molar-refractivity contribution in [2.24, 2.45) is 0 Å². The Bertz CT molecular complexity index is 558. The van der Waals surface area contributed by atoms with Crippen molar-refractivity contribution in [2.75, 3.05) is 6.54 Å². The molecule has 0 saturated carbocycles. The standard InChI is InChI=1S/C15H16Cl2N2O/c1-2-18-8-13-4-5-14(9-19-13)20-10-11-7-12(16)3-6-15(11)17/h3-7,9,18H,2,8,10H2,1H3. The Morgan fingerprint density at radius 2 is 2.05 bits per heavy atom. The molecule has 20 heavy (non-hydrogen) atoms. The monoisotopic (exact) mass is 310 g/mol. The number of pyridine rings is 1. The zero-order valence-electron chi connectivity index (χ0n) is 11.2. The lowest BCUT2D eigenvalue weighted by Crippen LogP contribution is -2.12. The highest BCUT2D eigenvalue weighted by Crippen LogP contribution is 2.22. The summed E-state index contributed by atoms with van der Waals surface area (Å²) >= 11 is 12.0. The first-order valence-electron chi connectivity index (χ1n) is 6.41. The maximum Gasteiger partial charge on any atom is 0.138 e. The average molecular weight is 311 g/mol. The van der Waals surface area contributed by atoms with Gasteiger partial charge >= 0.3 is 0 Å². The molecule has 106 valence electrons. The quantitative estimate of drug-likeness (QED) is 0.873. The van der Waals surface area contributed by atoms with Crippen molar-refractivity contribution in [1.29, 1.82) is 0 Å². The summed E-state index contributed by atoms with van der Waals surface area (Å²) in [6, 6.07) is 9.16. The highest BCUT2D eigenvalue weighted by molar-refractivity contribution is 6.33. The van der Waals surface area contributed by atoms with Crippen LogP contribution in [0.1, 0.15) is 18.2 Å². The smallest absolute Gasteiger partial charge is 0.138 e. The Morgan fingerprint density at radius 1 is 1.20 bits per heavy atom. The van der Waals surface area contributed by atoms with Crippen molar-refractivity contribution < 1.29 is 4.74 Å². The molecule has 0 bridgehead atoms. The molecular formula is C15H16Cl2N2O. The molecule has 2 rings (SSSR count). The Morgan fingerprint density at radius 3 is 2.75 bits per heavy atom. The number of rotatable bonds is 6. The van der Waals surface area contributed by atoms with E-state index in [-0.39, 0.29) is 0 Å². The van der Waals surface area contributed by atoms with Crippen LogP contribution >= 0.6 is 23.2 Å². The van der Waals surface area contributed by atoms with Gasteiger partial charge in [-0.25, -0.2) is 0 Å². The molecule has 0 aliphatic carbocycles. The van der Waals surface area contributed by atoms with Crippen molar-refractivity contribution >= 4 is 23.2 Å². The van der Waals surface area contributed by atoms with Crippen LogP contribution in [0.2, 0.25) is 10.0 Å². The minimum Gasteiger partial charge on any atom is -0.487 e.